The quantitative estimate of drug-likeness (QED) is 0.908. The van der Waals surface area contributed by atoms with Crippen molar-refractivity contribution >= 4 is 11.6 Å². The predicted octanol–water partition coefficient (Wildman–Crippen LogP) is 1.17. The van der Waals surface area contributed by atoms with E-state index in [4.69, 9.17) is 0 Å². The first kappa shape index (κ1) is 16.2. The summed E-state index contributed by atoms with van der Waals surface area (Å²) in [6.45, 7) is 7.48. The molecule has 0 bridgehead atoms. The van der Waals surface area contributed by atoms with Crippen molar-refractivity contribution in [1.82, 2.24) is 9.80 Å². The number of amides is 1. The Bertz CT molecular complexity index is 573. The molecular formula is C17H24FN3O2. The summed E-state index contributed by atoms with van der Waals surface area (Å²) in [4.78, 5) is 18.3. The van der Waals surface area contributed by atoms with Crippen LogP contribution in [0.1, 0.15) is 23.7 Å². The third-order valence-electron chi connectivity index (χ3n) is 4.81. The van der Waals surface area contributed by atoms with Crippen LogP contribution in [-0.2, 0) is 0 Å². The number of anilines is 1. The van der Waals surface area contributed by atoms with Gasteiger partial charge in [0.15, 0.2) is 0 Å². The zero-order chi connectivity index (χ0) is 16.4. The number of carbonyl (C=O) groups is 1. The van der Waals surface area contributed by atoms with Crippen molar-refractivity contribution < 1.29 is 14.3 Å². The summed E-state index contributed by atoms with van der Waals surface area (Å²) in [5.74, 6) is -0.552. The summed E-state index contributed by atoms with van der Waals surface area (Å²) in [5.41, 5.74) is 0.923. The van der Waals surface area contributed by atoms with Gasteiger partial charge in [0.25, 0.3) is 5.91 Å². The number of β-amino-alcohol motifs (C(OH)–C–C–N with tert-alkyl or cyclic N) is 1. The molecule has 0 unspecified atom stereocenters. The molecular weight excluding hydrogens is 297 g/mol. The Labute approximate surface area is 136 Å². The molecule has 0 aliphatic carbocycles. The van der Waals surface area contributed by atoms with E-state index in [1.165, 1.54) is 6.07 Å². The lowest BCUT2D eigenvalue weighted by atomic mass is 10.1. The van der Waals surface area contributed by atoms with Gasteiger partial charge < -0.3 is 19.8 Å². The van der Waals surface area contributed by atoms with Gasteiger partial charge in [-0.05, 0) is 31.2 Å². The van der Waals surface area contributed by atoms with Gasteiger partial charge in [0.1, 0.15) is 5.82 Å². The van der Waals surface area contributed by atoms with Gasteiger partial charge in [0, 0.05) is 44.8 Å². The number of benzene rings is 1. The van der Waals surface area contributed by atoms with E-state index in [1.807, 2.05) is 4.90 Å². The SMILES string of the molecule is CCN1CCN(c2ccc(C(=O)N3CC[C@@H](O)C3)cc2F)CC1. The molecule has 1 amide bonds. The first-order valence-electron chi connectivity index (χ1n) is 8.32. The highest BCUT2D eigenvalue weighted by Gasteiger charge is 2.26. The van der Waals surface area contributed by atoms with Crippen molar-refractivity contribution in [2.24, 2.45) is 0 Å². The van der Waals surface area contributed by atoms with Crippen molar-refractivity contribution in [2.45, 2.75) is 19.4 Å². The van der Waals surface area contributed by atoms with Crippen LogP contribution >= 0.6 is 0 Å². The minimum atomic E-state index is -0.460. The van der Waals surface area contributed by atoms with Crippen LogP contribution in [0.2, 0.25) is 0 Å². The highest BCUT2D eigenvalue weighted by Crippen LogP contribution is 2.23. The standard InChI is InChI=1S/C17H24FN3O2/c1-2-19-7-9-20(10-8-19)16-4-3-13(11-15(16)18)17(23)21-6-5-14(22)12-21/h3-4,11,14,22H,2,5-10,12H2,1H3/t14-/m1/s1. The molecule has 126 valence electrons. The van der Waals surface area contributed by atoms with E-state index in [1.54, 1.807) is 17.0 Å². The Kier molecular flexibility index (Phi) is 4.82. The molecule has 1 N–H and O–H groups in total. The second-order valence-electron chi connectivity index (χ2n) is 6.28. The van der Waals surface area contributed by atoms with Crippen LogP contribution < -0.4 is 4.90 Å². The van der Waals surface area contributed by atoms with E-state index >= 15 is 0 Å². The van der Waals surface area contributed by atoms with Gasteiger partial charge in [-0.1, -0.05) is 6.92 Å². The Morgan fingerprint density at radius 2 is 2.00 bits per heavy atom. The minimum absolute atomic E-state index is 0.206. The molecule has 0 spiro atoms. The number of hydrogen-bond acceptors (Lipinski definition) is 4. The highest BCUT2D eigenvalue weighted by atomic mass is 19.1. The number of likely N-dealkylation sites (N-methyl/N-ethyl adjacent to an activating group) is 1. The second kappa shape index (κ2) is 6.84. The van der Waals surface area contributed by atoms with Crippen molar-refractivity contribution in [3.05, 3.63) is 29.6 Å². The fraction of sp³-hybridized carbons (Fsp3) is 0.588. The highest BCUT2D eigenvalue weighted by molar-refractivity contribution is 5.94. The molecule has 2 fully saturated rings. The number of piperazine rings is 1. The predicted molar refractivity (Wildman–Crippen MR) is 87.3 cm³/mol. The Morgan fingerprint density at radius 1 is 1.26 bits per heavy atom. The van der Waals surface area contributed by atoms with E-state index in [2.05, 4.69) is 11.8 Å². The van der Waals surface area contributed by atoms with Crippen LogP contribution in [0.25, 0.3) is 0 Å². The summed E-state index contributed by atoms with van der Waals surface area (Å²) in [6, 6.07) is 4.73. The summed E-state index contributed by atoms with van der Waals surface area (Å²) in [6.07, 6.45) is 0.131. The Morgan fingerprint density at radius 3 is 2.57 bits per heavy atom. The number of aliphatic hydroxyl groups is 1. The summed E-state index contributed by atoms with van der Waals surface area (Å²) >= 11 is 0. The number of likely N-dealkylation sites (tertiary alicyclic amines) is 1. The largest absolute Gasteiger partial charge is 0.391 e. The number of rotatable bonds is 3. The molecule has 0 saturated carbocycles. The van der Waals surface area contributed by atoms with Gasteiger partial charge in [-0.3, -0.25) is 4.79 Å². The summed E-state index contributed by atoms with van der Waals surface area (Å²) in [5, 5.41) is 9.53. The zero-order valence-corrected chi connectivity index (χ0v) is 13.5. The van der Waals surface area contributed by atoms with Crippen LogP contribution in [0.5, 0.6) is 0 Å². The van der Waals surface area contributed by atoms with E-state index in [9.17, 15) is 14.3 Å². The fourth-order valence-electron chi connectivity index (χ4n) is 3.31. The molecule has 0 radical (unpaired) electrons. The van der Waals surface area contributed by atoms with Crippen molar-refractivity contribution in [1.29, 1.82) is 0 Å². The topological polar surface area (TPSA) is 47.0 Å². The van der Waals surface area contributed by atoms with E-state index in [-0.39, 0.29) is 11.7 Å². The Balaban J connectivity index is 1.70. The molecule has 0 aromatic heterocycles. The smallest absolute Gasteiger partial charge is 0.254 e. The van der Waals surface area contributed by atoms with Gasteiger partial charge in [0.2, 0.25) is 0 Å². The number of halogens is 1. The van der Waals surface area contributed by atoms with Gasteiger partial charge in [-0.15, -0.1) is 0 Å². The van der Waals surface area contributed by atoms with E-state index in [0.717, 1.165) is 32.7 Å². The van der Waals surface area contributed by atoms with E-state index in [0.29, 0.717) is 30.8 Å². The van der Waals surface area contributed by atoms with Crippen molar-refractivity contribution in [3.8, 4) is 0 Å². The van der Waals surface area contributed by atoms with Gasteiger partial charge in [-0.25, -0.2) is 4.39 Å². The Hall–Kier alpha value is -1.66. The van der Waals surface area contributed by atoms with E-state index < -0.39 is 6.10 Å². The number of aliphatic hydroxyl groups excluding tert-OH is 1. The molecule has 1 atom stereocenters. The number of nitrogens with zero attached hydrogens (tertiary/aromatic N) is 3. The molecule has 23 heavy (non-hydrogen) atoms. The maximum absolute atomic E-state index is 14.5. The first-order valence-corrected chi connectivity index (χ1v) is 8.32. The number of carbonyl (C=O) groups excluding carboxylic acids is 1. The van der Waals surface area contributed by atoms with Gasteiger partial charge in [0.05, 0.1) is 11.8 Å². The lowest BCUT2D eigenvalue weighted by Gasteiger charge is -2.35. The maximum Gasteiger partial charge on any atom is 0.254 e. The van der Waals surface area contributed by atoms with Crippen LogP contribution in [-0.4, -0.2) is 72.7 Å². The van der Waals surface area contributed by atoms with Crippen LogP contribution in [0.15, 0.2) is 18.2 Å². The molecule has 5 nitrogen and oxygen atoms in total. The van der Waals surface area contributed by atoms with Crippen molar-refractivity contribution in [2.75, 3.05) is 50.7 Å². The van der Waals surface area contributed by atoms with Crippen LogP contribution in [0, 0.1) is 5.82 Å². The monoisotopic (exact) mass is 321 g/mol. The normalized spacial score (nSPS) is 22.7. The first-order chi connectivity index (χ1) is 11.1. The molecule has 3 rings (SSSR count). The summed E-state index contributed by atoms with van der Waals surface area (Å²) < 4.78 is 14.5. The lowest BCUT2D eigenvalue weighted by molar-refractivity contribution is 0.0764. The third kappa shape index (κ3) is 3.48. The maximum atomic E-state index is 14.5. The van der Waals surface area contributed by atoms with Crippen LogP contribution in [0.3, 0.4) is 0 Å². The summed E-state index contributed by atoms with van der Waals surface area (Å²) in [7, 11) is 0. The average Bonchev–Trinajstić information content (AvgIpc) is 3.00. The molecule has 2 saturated heterocycles. The number of hydrogen-bond donors (Lipinski definition) is 1. The minimum Gasteiger partial charge on any atom is -0.391 e. The molecule has 2 aliphatic rings. The van der Waals surface area contributed by atoms with Gasteiger partial charge >= 0.3 is 0 Å². The molecule has 1 aromatic rings. The average molecular weight is 321 g/mol. The third-order valence-corrected chi connectivity index (χ3v) is 4.81. The van der Waals surface area contributed by atoms with Crippen molar-refractivity contribution in [3.63, 3.8) is 0 Å². The second-order valence-corrected chi connectivity index (χ2v) is 6.28. The molecule has 1 aromatic carbocycles. The fourth-order valence-corrected chi connectivity index (χ4v) is 3.31. The molecule has 6 heteroatoms. The van der Waals surface area contributed by atoms with Gasteiger partial charge in [-0.2, -0.15) is 0 Å². The lowest BCUT2D eigenvalue weighted by Crippen LogP contribution is -2.46. The van der Waals surface area contributed by atoms with Crippen LogP contribution in [0.4, 0.5) is 10.1 Å². The molecule has 2 heterocycles. The zero-order valence-electron chi connectivity index (χ0n) is 13.5. The molecule has 2 aliphatic heterocycles.